The minimum atomic E-state index is -4.17. The summed E-state index contributed by atoms with van der Waals surface area (Å²) in [7, 11) is -4.17. The lowest BCUT2D eigenvalue weighted by atomic mass is 9.97. The number of anilines is 1. The second-order valence-electron chi connectivity index (χ2n) is 12.2. The molecule has 12 heteroatoms. The van der Waals surface area contributed by atoms with E-state index < -0.39 is 21.9 Å². The first-order valence-electron chi connectivity index (χ1n) is 14.0. The van der Waals surface area contributed by atoms with Crippen LogP contribution in [0, 0.1) is 17.7 Å². The molecule has 0 radical (unpaired) electrons. The van der Waals surface area contributed by atoms with Crippen LogP contribution in [-0.2, 0) is 15.0 Å². The molecule has 1 aromatic heterocycles. The summed E-state index contributed by atoms with van der Waals surface area (Å²) in [5.41, 5.74) is 0.661. The van der Waals surface area contributed by atoms with Gasteiger partial charge in [-0.05, 0) is 62.8 Å². The zero-order valence-electron chi connectivity index (χ0n) is 24.5. The number of ether oxygens (including phenoxy) is 1. The Kier molecular flexibility index (Phi) is 8.93. The molecule has 2 fully saturated rings. The largest absolute Gasteiger partial charge is 0.493 e. The third-order valence-corrected chi connectivity index (χ3v) is 8.77. The van der Waals surface area contributed by atoms with E-state index in [-0.39, 0.29) is 42.1 Å². The van der Waals surface area contributed by atoms with E-state index in [9.17, 15) is 22.4 Å². The summed E-state index contributed by atoms with van der Waals surface area (Å²) in [5.74, 6) is -0.242. The maximum atomic E-state index is 14.6. The molecule has 4 rings (SSSR count). The van der Waals surface area contributed by atoms with Crippen LogP contribution >= 0.6 is 0 Å². The van der Waals surface area contributed by atoms with Crippen LogP contribution in [0.2, 0.25) is 0 Å². The summed E-state index contributed by atoms with van der Waals surface area (Å²) in [4.78, 5) is 31.7. The van der Waals surface area contributed by atoms with Crippen LogP contribution in [-0.4, -0.2) is 67.3 Å². The van der Waals surface area contributed by atoms with Crippen molar-refractivity contribution in [2.75, 3.05) is 31.1 Å². The number of carbonyl (C=O) groups is 2. The zero-order valence-corrected chi connectivity index (χ0v) is 25.3. The Morgan fingerprint density at radius 3 is 2.56 bits per heavy atom. The van der Waals surface area contributed by atoms with Crippen molar-refractivity contribution >= 4 is 27.8 Å². The molecule has 2 aliphatic heterocycles. The van der Waals surface area contributed by atoms with Gasteiger partial charge in [0.25, 0.3) is 5.91 Å². The van der Waals surface area contributed by atoms with Crippen molar-refractivity contribution < 1.29 is 27.1 Å². The highest BCUT2D eigenvalue weighted by atomic mass is 32.2. The van der Waals surface area contributed by atoms with E-state index in [0.717, 1.165) is 10.7 Å². The first-order chi connectivity index (χ1) is 19.1. The Morgan fingerprint density at radius 1 is 1.20 bits per heavy atom. The monoisotopic (exact) mass is 589 g/mol. The predicted octanol–water partition coefficient (Wildman–Crippen LogP) is 3.73. The molecule has 1 aromatic carbocycles. The van der Waals surface area contributed by atoms with Crippen LogP contribution < -0.4 is 19.7 Å². The fourth-order valence-corrected chi connectivity index (χ4v) is 6.79. The normalized spacial score (nSPS) is 20.8. The molecule has 2 saturated heterocycles. The van der Waals surface area contributed by atoms with Crippen molar-refractivity contribution in [1.29, 1.82) is 0 Å². The molecule has 3 heterocycles. The third-order valence-electron chi connectivity index (χ3n) is 7.32. The van der Waals surface area contributed by atoms with E-state index in [1.165, 1.54) is 25.1 Å². The Labute approximate surface area is 241 Å². The minimum absolute atomic E-state index is 0.0731. The number of carbonyl (C=O) groups excluding carboxylic acids is 2. The molecule has 2 amide bonds. The molecule has 0 saturated carbocycles. The maximum Gasteiger partial charge on any atom is 0.304 e. The summed E-state index contributed by atoms with van der Waals surface area (Å²) in [6.07, 6.45) is 1.30. The van der Waals surface area contributed by atoms with Gasteiger partial charge in [0.2, 0.25) is 5.91 Å². The Hall–Kier alpha value is -3.25. The second kappa shape index (κ2) is 11.9. The third kappa shape index (κ3) is 7.34. The smallest absolute Gasteiger partial charge is 0.304 e. The van der Waals surface area contributed by atoms with Crippen LogP contribution in [0.5, 0.6) is 5.75 Å². The lowest BCUT2D eigenvalue weighted by Gasteiger charge is -2.34. The van der Waals surface area contributed by atoms with Gasteiger partial charge in [-0.2, -0.15) is 12.7 Å². The first kappa shape index (κ1) is 30.7. The molecule has 2 aliphatic rings. The number of benzene rings is 1. The average molecular weight is 590 g/mol. The Balaban J connectivity index is 1.68. The number of pyridine rings is 1. The van der Waals surface area contributed by atoms with Gasteiger partial charge in [0.05, 0.1) is 17.9 Å². The summed E-state index contributed by atoms with van der Waals surface area (Å²) >= 11 is 0. The van der Waals surface area contributed by atoms with Crippen LogP contribution in [0.1, 0.15) is 64.7 Å². The Bertz CT molecular complexity index is 1410. The molecule has 224 valence electrons. The van der Waals surface area contributed by atoms with Crippen molar-refractivity contribution in [3.63, 3.8) is 0 Å². The molecular weight excluding hydrogens is 549 g/mol. The number of hydrogen-bond donors (Lipinski definition) is 2. The van der Waals surface area contributed by atoms with Crippen LogP contribution in [0.15, 0.2) is 30.3 Å². The molecule has 2 atom stereocenters. The van der Waals surface area contributed by atoms with Gasteiger partial charge in [-0.15, -0.1) is 0 Å². The maximum absolute atomic E-state index is 14.6. The highest BCUT2D eigenvalue weighted by molar-refractivity contribution is 7.87. The fourth-order valence-electron chi connectivity index (χ4n) is 5.60. The second-order valence-corrected chi connectivity index (χ2v) is 13.8. The lowest BCUT2D eigenvalue weighted by molar-refractivity contribution is -0.119. The lowest BCUT2D eigenvalue weighted by Crippen LogP contribution is -2.45. The molecule has 2 aromatic rings. The van der Waals surface area contributed by atoms with Crippen molar-refractivity contribution in [2.45, 2.75) is 66.0 Å². The van der Waals surface area contributed by atoms with Gasteiger partial charge in [-0.1, -0.05) is 20.8 Å². The first-order valence-corrected chi connectivity index (χ1v) is 15.4. The molecule has 0 spiro atoms. The number of nitrogens with zero attached hydrogens (tertiary/aromatic N) is 3. The molecular formula is C29H40FN5O5S. The quantitative estimate of drug-likeness (QED) is 0.457. The molecule has 0 bridgehead atoms. The topological polar surface area (TPSA) is 121 Å². The van der Waals surface area contributed by atoms with Gasteiger partial charge in [-0.25, -0.2) is 14.1 Å². The van der Waals surface area contributed by atoms with Gasteiger partial charge < -0.3 is 15.0 Å². The van der Waals surface area contributed by atoms with Crippen LogP contribution in [0.4, 0.5) is 10.2 Å². The number of halogens is 1. The summed E-state index contributed by atoms with van der Waals surface area (Å²) in [5, 5.41) is 2.72. The molecule has 41 heavy (non-hydrogen) atoms. The predicted molar refractivity (Wildman–Crippen MR) is 155 cm³/mol. The van der Waals surface area contributed by atoms with E-state index >= 15 is 0 Å². The number of hydrogen-bond acceptors (Lipinski definition) is 7. The summed E-state index contributed by atoms with van der Waals surface area (Å²) in [6.45, 7) is 12.9. The van der Waals surface area contributed by atoms with Gasteiger partial charge in [0, 0.05) is 49.8 Å². The highest BCUT2D eigenvalue weighted by Gasteiger charge is 2.40. The molecule has 2 unspecified atom stereocenters. The fraction of sp³-hybridized carbons (Fsp3) is 0.552. The molecule has 0 aliphatic carbocycles. The van der Waals surface area contributed by atoms with E-state index in [2.05, 4.69) is 30.8 Å². The van der Waals surface area contributed by atoms with Gasteiger partial charge in [-0.3, -0.25) is 9.59 Å². The van der Waals surface area contributed by atoms with Crippen LogP contribution in [0.3, 0.4) is 0 Å². The van der Waals surface area contributed by atoms with Gasteiger partial charge in [0.1, 0.15) is 17.4 Å². The van der Waals surface area contributed by atoms with E-state index in [0.29, 0.717) is 48.3 Å². The number of aromatic nitrogens is 1. The molecule has 10 nitrogen and oxygen atoms in total. The van der Waals surface area contributed by atoms with E-state index in [1.54, 1.807) is 12.1 Å². The SMILES string of the molecule is CC(=O)NC1CCN(S(=O)(=O)NC(=O)c2ccc(-c3cc(F)cc(OCC(C)C)c3)nc2N2CC(C)CC2(C)C)C1. The van der Waals surface area contributed by atoms with Crippen molar-refractivity contribution in [2.24, 2.45) is 11.8 Å². The van der Waals surface area contributed by atoms with E-state index in [1.807, 2.05) is 18.7 Å². The highest BCUT2D eigenvalue weighted by Crippen LogP contribution is 2.38. The number of rotatable bonds is 9. The number of nitrogens with one attached hydrogen (secondary N) is 2. The Morgan fingerprint density at radius 2 is 1.93 bits per heavy atom. The number of amides is 2. The van der Waals surface area contributed by atoms with Gasteiger partial charge >= 0.3 is 10.2 Å². The summed E-state index contributed by atoms with van der Waals surface area (Å²) in [6, 6.07) is 7.18. The van der Waals surface area contributed by atoms with Crippen LogP contribution in [0.25, 0.3) is 11.3 Å². The van der Waals surface area contributed by atoms with Crippen molar-refractivity contribution in [3.05, 3.63) is 41.7 Å². The minimum Gasteiger partial charge on any atom is -0.493 e. The molecule has 2 N–H and O–H groups in total. The van der Waals surface area contributed by atoms with E-state index in [4.69, 9.17) is 9.72 Å². The zero-order chi connectivity index (χ0) is 30.1. The summed E-state index contributed by atoms with van der Waals surface area (Å²) < 4.78 is 49.9. The van der Waals surface area contributed by atoms with Gasteiger partial charge in [0.15, 0.2) is 0 Å². The van der Waals surface area contributed by atoms with Crippen molar-refractivity contribution in [1.82, 2.24) is 19.3 Å². The van der Waals surface area contributed by atoms with Crippen molar-refractivity contribution in [3.8, 4) is 17.0 Å². The standard InChI is InChI=1S/C29H40FN5O5S/c1-18(2)17-40-24-12-21(11-22(30)13-24)26-8-7-25(27(32-26)35-15-19(3)14-29(35,5)6)28(37)33-41(38,39)34-10-9-23(16-34)31-20(4)36/h7-8,11-13,18-19,23H,9-10,14-17H2,1-6H3,(H,31,36)(H,33,37). The average Bonchev–Trinajstić information content (AvgIpc) is 3.44.